The van der Waals surface area contributed by atoms with E-state index >= 15 is 0 Å². The Balaban J connectivity index is 2.23. The van der Waals surface area contributed by atoms with Crippen molar-refractivity contribution in [2.24, 2.45) is 23.2 Å². The molecule has 0 aromatic carbocycles. The van der Waals surface area contributed by atoms with Gasteiger partial charge in [-0.1, -0.05) is 27.7 Å². The first-order chi connectivity index (χ1) is 6.41. The van der Waals surface area contributed by atoms with E-state index in [1.165, 1.54) is 19.5 Å². The largest absolute Gasteiger partial charge is 0.300 e. The molecular formula is C13H25N. The van der Waals surface area contributed by atoms with Gasteiger partial charge in [-0.05, 0) is 43.1 Å². The van der Waals surface area contributed by atoms with Crippen molar-refractivity contribution < 1.29 is 0 Å². The highest BCUT2D eigenvalue weighted by Crippen LogP contribution is 2.47. The predicted molar refractivity (Wildman–Crippen MR) is 61.3 cm³/mol. The van der Waals surface area contributed by atoms with E-state index in [2.05, 4.69) is 39.5 Å². The molecule has 0 radical (unpaired) electrons. The average Bonchev–Trinajstić information content (AvgIpc) is 2.44. The number of nitrogens with zero attached hydrogens (tertiary/aromatic N) is 1. The van der Waals surface area contributed by atoms with E-state index in [4.69, 9.17) is 0 Å². The summed E-state index contributed by atoms with van der Waals surface area (Å²) in [5, 5.41) is 0. The van der Waals surface area contributed by atoms with Crippen LogP contribution in [0, 0.1) is 23.2 Å². The van der Waals surface area contributed by atoms with Gasteiger partial charge in [0.15, 0.2) is 0 Å². The molecule has 2 fully saturated rings. The van der Waals surface area contributed by atoms with E-state index in [1.54, 1.807) is 0 Å². The van der Waals surface area contributed by atoms with E-state index in [9.17, 15) is 0 Å². The molecular weight excluding hydrogens is 170 g/mol. The van der Waals surface area contributed by atoms with Gasteiger partial charge in [0.25, 0.3) is 0 Å². The molecule has 0 aromatic rings. The quantitative estimate of drug-likeness (QED) is 0.574. The summed E-state index contributed by atoms with van der Waals surface area (Å²) < 4.78 is 0. The maximum atomic E-state index is 2.71. The topological polar surface area (TPSA) is 3.24 Å². The first-order valence-electron chi connectivity index (χ1n) is 6.15. The standard InChI is InChI=1S/C13H25N/c1-9-11-6-7-14(8-11)10(2)12(9)13(3,4)5/h9-12H,6-8H2,1-5H3/t9?,10?,11?,12-/m1/s1. The Morgan fingerprint density at radius 1 is 1.14 bits per heavy atom. The first-order valence-corrected chi connectivity index (χ1v) is 6.15. The summed E-state index contributed by atoms with van der Waals surface area (Å²) in [6.45, 7) is 14.9. The second-order valence-corrected chi connectivity index (χ2v) is 6.54. The van der Waals surface area contributed by atoms with Gasteiger partial charge in [0.1, 0.15) is 0 Å². The Morgan fingerprint density at radius 3 is 2.36 bits per heavy atom. The van der Waals surface area contributed by atoms with Gasteiger partial charge < -0.3 is 4.90 Å². The highest BCUT2D eigenvalue weighted by atomic mass is 15.2. The molecule has 2 aliphatic heterocycles. The van der Waals surface area contributed by atoms with Crippen molar-refractivity contribution in [3.05, 3.63) is 0 Å². The summed E-state index contributed by atoms with van der Waals surface area (Å²) in [4.78, 5) is 2.71. The molecule has 0 spiro atoms. The summed E-state index contributed by atoms with van der Waals surface area (Å²) in [6.07, 6.45) is 1.44. The third-order valence-corrected chi connectivity index (χ3v) is 4.66. The van der Waals surface area contributed by atoms with Gasteiger partial charge >= 0.3 is 0 Å². The fourth-order valence-electron chi connectivity index (χ4n) is 4.09. The Bertz CT molecular complexity index is 200. The molecule has 2 saturated heterocycles. The fourth-order valence-corrected chi connectivity index (χ4v) is 4.09. The highest BCUT2D eigenvalue weighted by Gasteiger charge is 2.46. The van der Waals surface area contributed by atoms with Gasteiger partial charge in [0, 0.05) is 12.6 Å². The molecule has 5 atom stereocenters. The summed E-state index contributed by atoms with van der Waals surface area (Å²) in [6, 6.07) is 0.795. The van der Waals surface area contributed by atoms with Crippen molar-refractivity contribution in [2.75, 3.05) is 13.1 Å². The average molecular weight is 195 g/mol. The summed E-state index contributed by atoms with van der Waals surface area (Å²) in [5.74, 6) is 2.78. The minimum absolute atomic E-state index is 0.472. The van der Waals surface area contributed by atoms with Crippen molar-refractivity contribution in [3.8, 4) is 0 Å². The van der Waals surface area contributed by atoms with Crippen LogP contribution in [0.15, 0.2) is 0 Å². The van der Waals surface area contributed by atoms with Crippen molar-refractivity contribution in [3.63, 3.8) is 0 Å². The van der Waals surface area contributed by atoms with Gasteiger partial charge in [-0.2, -0.15) is 0 Å². The van der Waals surface area contributed by atoms with Crippen LogP contribution in [0.4, 0.5) is 0 Å². The van der Waals surface area contributed by atoms with E-state index < -0.39 is 0 Å². The second-order valence-electron chi connectivity index (χ2n) is 6.54. The minimum atomic E-state index is 0.472. The van der Waals surface area contributed by atoms with E-state index in [1.807, 2.05) is 0 Å². The number of rotatable bonds is 0. The highest BCUT2D eigenvalue weighted by molar-refractivity contribution is 4.98. The molecule has 2 rings (SSSR count). The molecule has 0 saturated carbocycles. The molecule has 82 valence electrons. The van der Waals surface area contributed by atoms with Crippen LogP contribution in [0.5, 0.6) is 0 Å². The van der Waals surface area contributed by atoms with Crippen LogP contribution in [0.3, 0.4) is 0 Å². The van der Waals surface area contributed by atoms with Crippen molar-refractivity contribution in [2.45, 2.75) is 47.1 Å². The molecule has 0 aromatic heterocycles. The predicted octanol–water partition coefficient (Wildman–Crippen LogP) is 3.01. The molecule has 14 heavy (non-hydrogen) atoms. The molecule has 0 amide bonds. The lowest BCUT2D eigenvalue weighted by Gasteiger charge is -2.48. The van der Waals surface area contributed by atoms with Crippen molar-refractivity contribution >= 4 is 0 Å². The Morgan fingerprint density at radius 2 is 1.79 bits per heavy atom. The van der Waals surface area contributed by atoms with E-state index in [0.717, 1.165) is 23.8 Å². The zero-order chi connectivity index (χ0) is 10.5. The zero-order valence-corrected chi connectivity index (χ0v) is 10.4. The second kappa shape index (κ2) is 3.23. The maximum absolute atomic E-state index is 2.71. The van der Waals surface area contributed by atoms with Crippen LogP contribution in [0.2, 0.25) is 0 Å². The zero-order valence-electron chi connectivity index (χ0n) is 10.4. The van der Waals surface area contributed by atoms with Gasteiger partial charge in [0.2, 0.25) is 0 Å². The number of hydrogen-bond donors (Lipinski definition) is 0. The lowest BCUT2D eigenvalue weighted by molar-refractivity contribution is 0.00839. The minimum Gasteiger partial charge on any atom is -0.300 e. The van der Waals surface area contributed by atoms with Crippen molar-refractivity contribution in [1.29, 1.82) is 0 Å². The molecule has 0 N–H and O–H groups in total. The van der Waals surface area contributed by atoms with Crippen LogP contribution >= 0.6 is 0 Å². The van der Waals surface area contributed by atoms with Crippen LogP contribution < -0.4 is 0 Å². The maximum Gasteiger partial charge on any atom is 0.0103 e. The Labute approximate surface area is 88.9 Å². The van der Waals surface area contributed by atoms with Gasteiger partial charge in [0.05, 0.1) is 0 Å². The summed E-state index contributed by atoms with van der Waals surface area (Å²) in [7, 11) is 0. The molecule has 1 nitrogen and oxygen atoms in total. The molecule has 2 heterocycles. The summed E-state index contributed by atoms with van der Waals surface area (Å²) >= 11 is 0. The third kappa shape index (κ3) is 1.50. The number of fused-ring (bicyclic) bond motifs is 2. The monoisotopic (exact) mass is 195 g/mol. The first kappa shape index (κ1) is 10.5. The van der Waals surface area contributed by atoms with E-state index in [0.29, 0.717) is 5.41 Å². The van der Waals surface area contributed by atoms with E-state index in [-0.39, 0.29) is 0 Å². The SMILES string of the molecule is CC1C2CCN(C2)C(C)[C@@H]1C(C)(C)C. The summed E-state index contributed by atoms with van der Waals surface area (Å²) in [5.41, 5.74) is 0.472. The van der Waals surface area contributed by atoms with Crippen molar-refractivity contribution in [1.82, 2.24) is 4.90 Å². The molecule has 4 unspecified atom stereocenters. The molecule has 2 aliphatic rings. The smallest absolute Gasteiger partial charge is 0.0103 e. The van der Waals surface area contributed by atoms with Crippen LogP contribution in [-0.2, 0) is 0 Å². The van der Waals surface area contributed by atoms with Crippen LogP contribution in [0.1, 0.15) is 41.0 Å². The lowest BCUT2D eigenvalue weighted by Crippen LogP contribution is -2.50. The third-order valence-electron chi connectivity index (χ3n) is 4.66. The van der Waals surface area contributed by atoms with Crippen LogP contribution in [0.25, 0.3) is 0 Å². The Kier molecular flexibility index (Phi) is 2.42. The Hall–Kier alpha value is -0.0400. The van der Waals surface area contributed by atoms with Gasteiger partial charge in [-0.15, -0.1) is 0 Å². The molecule has 2 bridgehead atoms. The molecule has 1 heteroatoms. The van der Waals surface area contributed by atoms with Gasteiger partial charge in [-0.25, -0.2) is 0 Å². The van der Waals surface area contributed by atoms with Gasteiger partial charge in [-0.3, -0.25) is 0 Å². The lowest BCUT2D eigenvalue weighted by atomic mass is 9.65. The number of hydrogen-bond acceptors (Lipinski definition) is 1. The van der Waals surface area contributed by atoms with Crippen LogP contribution in [-0.4, -0.2) is 24.0 Å². The number of piperidine rings is 1. The fraction of sp³-hybridized carbons (Fsp3) is 1.00. The molecule has 0 aliphatic carbocycles. The normalized spacial score (nSPS) is 48.2.